The predicted octanol–water partition coefficient (Wildman–Crippen LogP) is 2.58. The van der Waals surface area contributed by atoms with Gasteiger partial charge < -0.3 is 15.0 Å². The van der Waals surface area contributed by atoms with Crippen LogP contribution in [-0.2, 0) is 9.53 Å². The first-order valence-corrected chi connectivity index (χ1v) is 9.47. The highest BCUT2D eigenvalue weighted by molar-refractivity contribution is 6.06. The molecule has 6 nitrogen and oxygen atoms in total. The highest BCUT2D eigenvalue weighted by Crippen LogP contribution is 2.30. The Morgan fingerprint density at radius 1 is 1.33 bits per heavy atom. The topological polar surface area (TPSA) is 71.5 Å². The molecular weight excluding hydrogens is 342 g/mol. The number of amides is 2. The number of nitrogens with one attached hydrogen (secondary N) is 1. The number of carbonyl (C=O) groups excluding carboxylic acids is 2. The summed E-state index contributed by atoms with van der Waals surface area (Å²) in [6.45, 7) is 6.18. The maximum absolute atomic E-state index is 12.7. The number of pyridine rings is 1. The van der Waals surface area contributed by atoms with Crippen molar-refractivity contribution < 1.29 is 14.3 Å². The van der Waals surface area contributed by atoms with Gasteiger partial charge in [0, 0.05) is 49.7 Å². The predicted molar refractivity (Wildman–Crippen MR) is 105 cm³/mol. The molecule has 0 spiro atoms. The van der Waals surface area contributed by atoms with E-state index in [-0.39, 0.29) is 23.7 Å². The Morgan fingerprint density at radius 2 is 2.11 bits per heavy atom. The smallest absolute Gasteiger partial charge is 0.252 e. The molecule has 0 aliphatic carbocycles. The molecule has 1 atom stereocenters. The van der Waals surface area contributed by atoms with Crippen LogP contribution in [0.25, 0.3) is 10.9 Å². The number of likely N-dealkylation sites (tertiary alicyclic amines) is 1. The van der Waals surface area contributed by atoms with E-state index in [1.165, 1.54) is 0 Å². The van der Waals surface area contributed by atoms with Crippen molar-refractivity contribution in [2.24, 2.45) is 5.92 Å². The molecule has 1 aliphatic heterocycles. The summed E-state index contributed by atoms with van der Waals surface area (Å²) in [5.41, 5.74) is 2.31. The fraction of sp³-hybridized carbons (Fsp3) is 0.476. The van der Waals surface area contributed by atoms with Crippen LogP contribution in [0, 0.1) is 5.92 Å². The lowest BCUT2D eigenvalue weighted by Gasteiger charge is -2.19. The molecule has 0 radical (unpaired) electrons. The zero-order valence-electron chi connectivity index (χ0n) is 16.2. The van der Waals surface area contributed by atoms with Gasteiger partial charge in [-0.1, -0.05) is 32.0 Å². The number of hydrogen-bond acceptors (Lipinski definition) is 4. The number of benzene rings is 1. The molecule has 1 fully saturated rings. The van der Waals surface area contributed by atoms with Gasteiger partial charge in [-0.3, -0.25) is 14.6 Å². The summed E-state index contributed by atoms with van der Waals surface area (Å²) >= 11 is 0. The van der Waals surface area contributed by atoms with Crippen molar-refractivity contribution in [2.75, 3.05) is 33.4 Å². The number of nitrogens with zero attached hydrogens (tertiary/aromatic N) is 2. The molecule has 1 aromatic heterocycles. The lowest BCUT2D eigenvalue weighted by Crippen LogP contribution is -2.32. The van der Waals surface area contributed by atoms with Crippen LogP contribution in [0.3, 0.4) is 0 Å². The van der Waals surface area contributed by atoms with Gasteiger partial charge >= 0.3 is 0 Å². The van der Waals surface area contributed by atoms with Gasteiger partial charge in [0.1, 0.15) is 0 Å². The molecule has 0 saturated carbocycles. The third-order valence-electron chi connectivity index (χ3n) is 4.98. The molecule has 1 N–H and O–H groups in total. The first kappa shape index (κ1) is 19.3. The fourth-order valence-electron chi connectivity index (χ4n) is 3.52. The Morgan fingerprint density at radius 3 is 2.85 bits per heavy atom. The van der Waals surface area contributed by atoms with Crippen LogP contribution in [0.1, 0.15) is 42.2 Å². The van der Waals surface area contributed by atoms with Crippen LogP contribution in [0.5, 0.6) is 0 Å². The van der Waals surface area contributed by atoms with Crippen LogP contribution in [0.4, 0.5) is 0 Å². The van der Waals surface area contributed by atoms with E-state index >= 15 is 0 Å². The molecular formula is C21H27N3O3. The Labute approximate surface area is 159 Å². The molecule has 1 saturated heterocycles. The zero-order chi connectivity index (χ0) is 19.4. The molecule has 0 bridgehead atoms. The van der Waals surface area contributed by atoms with Gasteiger partial charge in [-0.25, -0.2) is 0 Å². The van der Waals surface area contributed by atoms with Gasteiger partial charge in [0.25, 0.3) is 5.91 Å². The average molecular weight is 369 g/mol. The van der Waals surface area contributed by atoms with Crippen molar-refractivity contribution in [2.45, 2.75) is 26.2 Å². The van der Waals surface area contributed by atoms with Crippen molar-refractivity contribution in [3.05, 3.63) is 41.6 Å². The summed E-state index contributed by atoms with van der Waals surface area (Å²) in [5.74, 6) is 0.203. The molecule has 144 valence electrons. The summed E-state index contributed by atoms with van der Waals surface area (Å²) in [7, 11) is 1.61. The Balaban J connectivity index is 1.88. The standard InChI is InChI=1S/C21H27N3O3/c1-14(2)21(26)24-10-8-15(13-24)19-12-17(20(25)22-9-11-27-3)16-6-4-5-7-18(16)23-19/h4-7,12,14-15H,8-11,13H2,1-3H3,(H,22,25)/t15-/m1/s1. The molecule has 2 amide bonds. The molecule has 0 unspecified atom stereocenters. The minimum atomic E-state index is -0.125. The summed E-state index contributed by atoms with van der Waals surface area (Å²) in [6, 6.07) is 9.57. The number of carbonyl (C=O) groups is 2. The van der Waals surface area contributed by atoms with Gasteiger partial charge in [0.05, 0.1) is 17.7 Å². The fourth-order valence-corrected chi connectivity index (χ4v) is 3.52. The number of ether oxygens (including phenoxy) is 1. The van der Waals surface area contributed by atoms with Crippen molar-refractivity contribution in [3.63, 3.8) is 0 Å². The van der Waals surface area contributed by atoms with Crippen LogP contribution < -0.4 is 5.32 Å². The minimum Gasteiger partial charge on any atom is -0.383 e. The molecule has 3 rings (SSSR count). The van der Waals surface area contributed by atoms with Crippen molar-refractivity contribution in [3.8, 4) is 0 Å². The second-order valence-corrected chi connectivity index (χ2v) is 7.29. The normalized spacial score (nSPS) is 16.9. The zero-order valence-corrected chi connectivity index (χ0v) is 16.2. The van der Waals surface area contributed by atoms with E-state index in [9.17, 15) is 9.59 Å². The maximum atomic E-state index is 12.7. The maximum Gasteiger partial charge on any atom is 0.252 e. The van der Waals surface area contributed by atoms with Gasteiger partial charge in [-0.2, -0.15) is 0 Å². The van der Waals surface area contributed by atoms with Gasteiger partial charge in [-0.15, -0.1) is 0 Å². The number of hydrogen-bond donors (Lipinski definition) is 1. The first-order chi connectivity index (χ1) is 13.0. The van der Waals surface area contributed by atoms with Gasteiger partial charge in [0.15, 0.2) is 0 Å². The summed E-state index contributed by atoms with van der Waals surface area (Å²) in [4.78, 5) is 31.7. The second kappa shape index (κ2) is 8.48. The van der Waals surface area contributed by atoms with E-state index in [4.69, 9.17) is 9.72 Å². The lowest BCUT2D eigenvalue weighted by molar-refractivity contribution is -0.133. The molecule has 2 heterocycles. The minimum absolute atomic E-state index is 0.00423. The largest absolute Gasteiger partial charge is 0.383 e. The summed E-state index contributed by atoms with van der Waals surface area (Å²) in [6.07, 6.45) is 0.870. The summed E-state index contributed by atoms with van der Waals surface area (Å²) in [5, 5.41) is 3.73. The van der Waals surface area contributed by atoms with Crippen LogP contribution in [-0.4, -0.2) is 55.0 Å². The van der Waals surface area contributed by atoms with Crippen molar-refractivity contribution >= 4 is 22.7 Å². The number of aromatic nitrogens is 1. The number of para-hydroxylation sites is 1. The van der Waals surface area contributed by atoms with Crippen molar-refractivity contribution in [1.82, 2.24) is 15.2 Å². The highest BCUT2D eigenvalue weighted by Gasteiger charge is 2.30. The quantitative estimate of drug-likeness (QED) is 0.795. The number of fused-ring (bicyclic) bond motifs is 1. The highest BCUT2D eigenvalue weighted by atomic mass is 16.5. The molecule has 1 aliphatic rings. The van der Waals surface area contributed by atoms with E-state index < -0.39 is 0 Å². The van der Waals surface area contributed by atoms with Crippen molar-refractivity contribution in [1.29, 1.82) is 0 Å². The molecule has 27 heavy (non-hydrogen) atoms. The van der Waals surface area contributed by atoms with Crippen LogP contribution >= 0.6 is 0 Å². The Bertz CT molecular complexity index is 835. The van der Waals surface area contributed by atoms with E-state index in [0.717, 1.165) is 29.6 Å². The number of rotatable bonds is 6. The van der Waals surface area contributed by atoms with E-state index in [0.29, 0.717) is 25.3 Å². The second-order valence-electron chi connectivity index (χ2n) is 7.29. The SMILES string of the molecule is COCCNC(=O)c1cc([C@@H]2CCN(C(=O)C(C)C)C2)nc2ccccc12. The lowest BCUT2D eigenvalue weighted by atomic mass is 9.99. The first-order valence-electron chi connectivity index (χ1n) is 9.47. The Hall–Kier alpha value is -2.47. The average Bonchev–Trinajstić information content (AvgIpc) is 3.16. The third kappa shape index (κ3) is 4.27. The van der Waals surface area contributed by atoms with Gasteiger partial charge in [0.2, 0.25) is 5.91 Å². The van der Waals surface area contributed by atoms with Crippen LogP contribution in [0.15, 0.2) is 30.3 Å². The number of methoxy groups -OCH3 is 1. The Kier molecular flexibility index (Phi) is 6.06. The van der Waals surface area contributed by atoms with E-state index in [2.05, 4.69) is 5.32 Å². The molecule has 2 aromatic rings. The summed E-state index contributed by atoms with van der Waals surface area (Å²) < 4.78 is 5.01. The van der Waals surface area contributed by atoms with Crippen LogP contribution in [0.2, 0.25) is 0 Å². The third-order valence-corrected chi connectivity index (χ3v) is 4.98. The van der Waals surface area contributed by atoms with E-state index in [1.54, 1.807) is 7.11 Å². The molecule has 6 heteroatoms. The monoisotopic (exact) mass is 369 g/mol. The van der Waals surface area contributed by atoms with E-state index in [1.807, 2.05) is 49.1 Å². The van der Waals surface area contributed by atoms with Gasteiger partial charge in [-0.05, 0) is 18.6 Å². The molecule has 1 aromatic carbocycles.